The van der Waals surface area contributed by atoms with Gasteiger partial charge in [-0.2, -0.15) is 0 Å². The monoisotopic (exact) mass is 418 g/mol. The highest BCUT2D eigenvalue weighted by Gasteiger charge is 2.51. The third kappa shape index (κ3) is 4.82. The van der Waals surface area contributed by atoms with Crippen LogP contribution in [0.2, 0.25) is 0 Å². The molecule has 3 atom stereocenters. The van der Waals surface area contributed by atoms with Gasteiger partial charge in [0.2, 0.25) is 11.8 Å². The van der Waals surface area contributed by atoms with Gasteiger partial charge in [-0.15, -0.1) is 0 Å². The highest BCUT2D eigenvalue weighted by atomic mass is 32.2. The predicted molar refractivity (Wildman–Crippen MR) is 103 cm³/mol. The molecule has 3 rings (SSSR count). The maximum Gasteiger partial charge on any atom is 0.420 e. The van der Waals surface area contributed by atoms with Gasteiger partial charge in [-0.1, -0.05) is 30.3 Å². The molecule has 1 aromatic rings. The normalized spacial score (nSPS) is 23.4. The van der Waals surface area contributed by atoms with Crippen LogP contribution in [0, 0.1) is 0 Å². The van der Waals surface area contributed by atoms with Gasteiger partial charge in [0.15, 0.2) is 0 Å². The van der Waals surface area contributed by atoms with Crippen molar-refractivity contribution in [1.82, 2.24) is 14.5 Å². The summed E-state index contributed by atoms with van der Waals surface area (Å²) in [4.78, 5) is 49.5. The Morgan fingerprint density at radius 3 is 2.66 bits per heavy atom. The Labute approximate surface area is 172 Å². The Balaban J connectivity index is 1.67. The first kappa shape index (κ1) is 21.0. The SMILES string of the molecule is [B]OC(=O)CN1C(=O)[C@@H](NC(=O)Cc2ccccc2)[C@H]1SN1CC(CN)OC1=O. The number of carbonyl (C=O) groups is 4. The van der Waals surface area contributed by atoms with E-state index in [4.69, 9.17) is 18.5 Å². The van der Waals surface area contributed by atoms with E-state index in [1.165, 1.54) is 9.21 Å². The predicted octanol–water partition coefficient (Wildman–Crippen LogP) is -1.06. The summed E-state index contributed by atoms with van der Waals surface area (Å²) in [5.74, 6) is -1.65. The molecule has 2 heterocycles. The number of nitrogens with one attached hydrogen (secondary N) is 1. The third-order valence-electron chi connectivity index (χ3n) is 4.44. The summed E-state index contributed by atoms with van der Waals surface area (Å²) in [5.41, 5.74) is 6.32. The Bertz CT molecular complexity index is 797. The Morgan fingerprint density at radius 2 is 2.03 bits per heavy atom. The molecular weight excluding hydrogens is 399 g/mol. The number of nitrogens with two attached hydrogens (primary N) is 1. The van der Waals surface area contributed by atoms with Gasteiger partial charge in [-0.05, 0) is 17.5 Å². The van der Waals surface area contributed by atoms with Gasteiger partial charge in [-0.25, -0.2) is 9.10 Å². The van der Waals surface area contributed by atoms with Gasteiger partial charge in [0.05, 0.1) is 13.0 Å². The van der Waals surface area contributed by atoms with E-state index >= 15 is 0 Å². The average Bonchev–Trinajstić information content (AvgIpc) is 3.09. The van der Waals surface area contributed by atoms with Gasteiger partial charge < -0.3 is 25.3 Å². The van der Waals surface area contributed by atoms with Crippen molar-refractivity contribution < 1.29 is 28.6 Å². The van der Waals surface area contributed by atoms with Crippen LogP contribution in [0.25, 0.3) is 0 Å². The lowest BCUT2D eigenvalue weighted by Gasteiger charge is -2.46. The van der Waals surface area contributed by atoms with E-state index in [-0.39, 0.29) is 25.4 Å². The van der Waals surface area contributed by atoms with E-state index in [0.29, 0.717) is 0 Å². The molecule has 0 aliphatic carbocycles. The quantitative estimate of drug-likeness (QED) is 0.310. The summed E-state index contributed by atoms with van der Waals surface area (Å²) in [5, 5.41) is 1.96. The number of ether oxygens (including phenoxy) is 1. The molecule has 152 valence electrons. The zero-order chi connectivity index (χ0) is 21.0. The molecule has 1 unspecified atom stereocenters. The van der Waals surface area contributed by atoms with Crippen LogP contribution >= 0.6 is 11.9 Å². The molecule has 0 spiro atoms. The molecule has 0 bridgehead atoms. The number of rotatable bonds is 8. The number of benzene rings is 1. The molecule has 29 heavy (non-hydrogen) atoms. The molecule has 3 N–H and O–H groups in total. The van der Waals surface area contributed by atoms with Crippen LogP contribution in [0.5, 0.6) is 0 Å². The number of β-lactam (4-membered cyclic amide) rings is 1. The van der Waals surface area contributed by atoms with Gasteiger partial charge in [0.25, 0.3) is 0 Å². The van der Waals surface area contributed by atoms with Crippen molar-refractivity contribution in [2.45, 2.75) is 23.9 Å². The summed E-state index contributed by atoms with van der Waals surface area (Å²) in [6.07, 6.45) is -0.965. The van der Waals surface area contributed by atoms with Crippen molar-refractivity contribution in [3.8, 4) is 0 Å². The number of nitrogens with zero attached hydrogens (tertiary/aromatic N) is 2. The molecule has 2 fully saturated rings. The van der Waals surface area contributed by atoms with E-state index in [0.717, 1.165) is 17.5 Å². The van der Waals surface area contributed by atoms with E-state index < -0.39 is 42.0 Å². The lowest BCUT2D eigenvalue weighted by Crippen LogP contribution is -2.70. The van der Waals surface area contributed by atoms with Crippen molar-refractivity contribution in [3.63, 3.8) is 0 Å². The van der Waals surface area contributed by atoms with Crippen LogP contribution in [-0.2, 0) is 30.2 Å². The zero-order valence-corrected chi connectivity index (χ0v) is 16.2. The van der Waals surface area contributed by atoms with Crippen LogP contribution in [0.4, 0.5) is 4.79 Å². The van der Waals surface area contributed by atoms with Crippen LogP contribution < -0.4 is 11.1 Å². The molecular formula is C17H19BN4O6S. The molecule has 1 aromatic carbocycles. The number of carbonyl (C=O) groups excluding carboxylic acids is 4. The van der Waals surface area contributed by atoms with Crippen LogP contribution in [0.1, 0.15) is 5.56 Å². The van der Waals surface area contributed by atoms with Crippen molar-refractivity contribution in [3.05, 3.63) is 35.9 Å². The second-order valence-corrected chi connectivity index (χ2v) is 7.60. The van der Waals surface area contributed by atoms with Crippen molar-refractivity contribution in [2.75, 3.05) is 19.6 Å². The minimum atomic E-state index is -0.911. The largest absolute Gasteiger partial charge is 0.542 e. The van der Waals surface area contributed by atoms with Crippen molar-refractivity contribution in [2.24, 2.45) is 5.73 Å². The second kappa shape index (κ2) is 9.18. The third-order valence-corrected chi connectivity index (χ3v) is 5.73. The van der Waals surface area contributed by atoms with Gasteiger partial charge >= 0.3 is 20.1 Å². The average molecular weight is 418 g/mol. The smallest absolute Gasteiger partial charge is 0.420 e. The van der Waals surface area contributed by atoms with E-state index in [1.807, 2.05) is 18.2 Å². The molecule has 2 aliphatic heterocycles. The summed E-state index contributed by atoms with van der Waals surface area (Å²) in [7, 11) is 4.85. The summed E-state index contributed by atoms with van der Waals surface area (Å²) in [6, 6.07) is 8.13. The fourth-order valence-corrected chi connectivity index (χ4v) is 4.20. The summed E-state index contributed by atoms with van der Waals surface area (Å²) >= 11 is 0.987. The highest BCUT2D eigenvalue weighted by molar-refractivity contribution is 7.98. The molecule has 2 saturated heterocycles. The number of hydrogen-bond acceptors (Lipinski definition) is 8. The maximum atomic E-state index is 12.5. The van der Waals surface area contributed by atoms with Crippen molar-refractivity contribution in [1.29, 1.82) is 0 Å². The minimum absolute atomic E-state index is 0.0911. The van der Waals surface area contributed by atoms with E-state index in [2.05, 4.69) is 9.97 Å². The number of hydrogen-bond donors (Lipinski definition) is 2. The standard InChI is InChI=1S/C17H19BN4O6S/c18-28-13(24)9-21-15(25)14(20-12(23)6-10-4-2-1-3-5-10)16(21)29-22-8-11(7-19)27-17(22)26/h1-5,11,14,16H,6-9,19H2,(H,20,23)/t11?,14-,16-/m1/s1. The molecule has 2 radical (unpaired) electrons. The first-order chi connectivity index (χ1) is 13.9. The highest BCUT2D eigenvalue weighted by Crippen LogP contribution is 2.34. The number of cyclic esters (lactones) is 1. The lowest BCUT2D eigenvalue weighted by molar-refractivity contribution is -0.154. The lowest BCUT2D eigenvalue weighted by atomic mass is 10.1. The number of likely N-dealkylation sites (tertiary alicyclic amines) is 1. The second-order valence-electron chi connectivity index (χ2n) is 6.46. The summed E-state index contributed by atoms with van der Waals surface area (Å²) in [6.45, 7) is -0.0152. The Kier molecular flexibility index (Phi) is 6.65. The van der Waals surface area contributed by atoms with Crippen LogP contribution in [0.15, 0.2) is 30.3 Å². The first-order valence-electron chi connectivity index (χ1n) is 8.81. The van der Waals surface area contributed by atoms with Crippen LogP contribution in [-0.4, -0.2) is 78.3 Å². The molecule has 2 aliphatic rings. The molecule has 3 amide bonds. The van der Waals surface area contributed by atoms with Gasteiger partial charge in [0.1, 0.15) is 24.1 Å². The minimum Gasteiger partial charge on any atom is -0.542 e. The first-order valence-corrected chi connectivity index (χ1v) is 9.65. The van der Waals surface area contributed by atoms with E-state index in [9.17, 15) is 19.2 Å². The maximum absolute atomic E-state index is 12.5. The molecule has 10 nitrogen and oxygen atoms in total. The molecule has 0 aromatic heterocycles. The Hall–Kier alpha value is -2.73. The van der Waals surface area contributed by atoms with E-state index in [1.54, 1.807) is 12.1 Å². The fraction of sp³-hybridized carbons (Fsp3) is 0.412. The number of amides is 3. The van der Waals surface area contributed by atoms with Gasteiger partial charge in [-0.3, -0.25) is 14.4 Å². The van der Waals surface area contributed by atoms with Crippen molar-refractivity contribution >= 4 is 43.9 Å². The van der Waals surface area contributed by atoms with Crippen LogP contribution in [0.3, 0.4) is 0 Å². The topological polar surface area (TPSA) is 131 Å². The molecule has 12 heteroatoms. The zero-order valence-electron chi connectivity index (χ0n) is 15.4. The Morgan fingerprint density at radius 1 is 1.31 bits per heavy atom. The van der Waals surface area contributed by atoms with Gasteiger partial charge in [0, 0.05) is 6.54 Å². The summed E-state index contributed by atoms with van der Waals surface area (Å²) < 4.78 is 10.5. The molecule has 0 saturated carbocycles. The fourth-order valence-electron chi connectivity index (χ4n) is 2.96.